The topological polar surface area (TPSA) is 41.7 Å². The molecule has 0 aromatic heterocycles. The lowest BCUT2D eigenvalue weighted by atomic mass is 10.0. The maximum atomic E-state index is 6.06. The molecule has 1 rings (SSSR count). The Labute approximate surface area is 137 Å². The van der Waals surface area contributed by atoms with Gasteiger partial charge in [0.2, 0.25) is 0 Å². The van der Waals surface area contributed by atoms with Crippen LogP contribution in [0.4, 0.5) is 0 Å². The first-order valence-corrected chi connectivity index (χ1v) is 8.25. The fourth-order valence-electron chi connectivity index (χ4n) is 2.50. The minimum Gasteiger partial charge on any atom is -0.497 e. The van der Waals surface area contributed by atoms with Gasteiger partial charge >= 0.3 is 0 Å². The summed E-state index contributed by atoms with van der Waals surface area (Å²) < 4.78 is 6.43. The van der Waals surface area contributed by atoms with Gasteiger partial charge in [-0.1, -0.05) is 22.9 Å². The van der Waals surface area contributed by atoms with Crippen molar-refractivity contribution in [3.8, 4) is 5.75 Å². The Morgan fingerprint density at radius 2 is 2.00 bits per heavy atom. The van der Waals surface area contributed by atoms with Crippen molar-refractivity contribution < 1.29 is 4.74 Å². The molecule has 0 aliphatic rings. The van der Waals surface area contributed by atoms with Crippen LogP contribution in [0.3, 0.4) is 0 Å². The molecule has 0 aliphatic heterocycles. The molecule has 0 saturated heterocycles. The van der Waals surface area contributed by atoms with Crippen molar-refractivity contribution in [1.82, 2.24) is 9.80 Å². The first-order chi connectivity index (χ1) is 10.0. The number of nitrogens with two attached hydrogens (primary N) is 1. The van der Waals surface area contributed by atoms with Crippen molar-refractivity contribution in [3.63, 3.8) is 0 Å². The lowest BCUT2D eigenvalue weighted by molar-refractivity contribution is 0.200. The van der Waals surface area contributed by atoms with E-state index in [1.165, 1.54) is 5.56 Å². The highest BCUT2D eigenvalue weighted by atomic mass is 79.9. The summed E-state index contributed by atoms with van der Waals surface area (Å²) in [5, 5.41) is 0. The van der Waals surface area contributed by atoms with Gasteiger partial charge in [-0.25, -0.2) is 0 Å². The van der Waals surface area contributed by atoms with Crippen molar-refractivity contribution in [1.29, 1.82) is 0 Å². The summed E-state index contributed by atoms with van der Waals surface area (Å²) in [6.07, 6.45) is 1.14. The number of methoxy groups -OCH3 is 1. The van der Waals surface area contributed by atoms with Gasteiger partial charge in [0.1, 0.15) is 5.75 Å². The lowest BCUT2D eigenvalue weighted by Gasteiger charge is -2.31. The van der Waals surface area contributed by atoms with E-state index in [4.69, 9.17) is 10.5 Å². The predicted octanol–water partition coefficient (Wildman–Crippen LogP) is 2.73. The van der Waals surface area contributed by atoms with Crippen LogP contribution in [0.5, 0.6) is 5.75 Å². The molecule has 0 fully saturated rings. The molecule has 0 aliphatic carbocycles. The van der Waals surface area contributed by atoms with Crippen molar-refractivity contribution in [3.05, 3.63) is 28.2 Å². The molecule has 21 heavy (non-hydrogen) atoms. The number of halogens is 1. The fraction of sp³-hybridized carbons (Fsp3) is 0.625. The van der Waals surface area contributed by atoms with Crippen molar-refractivity contribution in [2.24, 2.45) is 5.73 Å². The van der Waals surface area contributed by atoms with Crippen LogP contribution in [-0.4, -0.2) is 57.2 Å². The zero-order valence-corrected chi connectivity index (χ0v) is 15.2. The average molecular weight is 358 g/mol. The van der Waals surface area contributed by atoms with E-state index < -0.39 is 0 Å². The Morgan fingerprint density at radius 1 is 1.29 bits per heavy atom. The van der Waals surface area contributed by atoms with Gasteiger partial charge in [-0.15, -0.1) is 0 Å². The Kier molecular flexibility index (Phi) is 8.26. The minimum atomic E-state index is 0.210. The van der Waals surface area contributed by atoms with Crippen LogP contribution in [0, 0.1) is 0 Å². The molecule has 4 nitrogen and oxygen atoms in total. The molecule has 1 aromatic rings. The number of rotatable bonds is 9. The van der Waals surface area contributed by atoms with Crippen LogP contribution >= 0.6 is 15.9 Å². The Morgan fingerprint density at radius 3 is 2.52 bits per heavy atom. The van der Waals surface area contributed by atoms with Gasteiger partial charge in [-0.2, -0.15) is 0 Å². The fourth-order valence-corrected chi connectivity index (χ4v) is 3.01. The van der Waals surface area contributed by atoms with Gasteiger partial charge in [-0.3, -0.25) is 4.90 Å². The number of nitrogens with zero attached hydrogens (tertiary/aromatic N) is 2. The van der Waals surface area contributed by atoms with Crippen LogP contribution in [0.1, 0.15) is 24.9 Å². The second-order valence-corrected chi connectivity index (χ2v) is 6.28. The smallest absolute Gasteiger partial charge is 0.119 e. The number of ether oxygens (including phenoxy) is 1. The summed E-state index contributed by atoms with van der Waals surface area (Å²) in [5.41, 5.74) is 7.26. The normalized spacial score (nSPS) is 13.0. The Balaban J connectivity index is 2.87. The van der Waals surface area contributed by atoms with Gasteiger partial charge in [0, 0.05) is 23.6 Å². The summed E-state index contributed by atoms with van der Waals surface area (Å²) in [4.78, 5) is 4.65. The number of likely N-dealkylation sites (N-methyl/N-ethyl adjacent to an activating group) is 1. The van der Waals surface area contributed by atoms with Crippen molar-refractivity contribution in [2.45, 2.75) is 19.4 Å². The van der Waals surface area contributed by atoms with E-state index in [1.807, 2.05) is 12.1 Å². The predicted molar refractivity (Wildman–Crippen MR) is 92.9 cm³/mol. The highest BCUT2D eigenvalue weighted by Crippen LogP contribution is 2.30. The van der Waals surface area contributed by atoms with E-state index in [9.17, 15) is 0 Å². The monoisotopic (exact) mass is 357 g/mol. The molecule has 1 unspecified atom stereocenters. The first-order valence-electron chi connectivity index (χ1n) is 7.45. The first kappa shape index (κ1) is 18.4. The van der Waals surface area contributed by atoms with Crippen molar-refractivity contribution >= 4 is 15.9 Å². The van der Waals surface area contributed by atoms with Gasteiger partial charge in [0.15, 0.2) is 0 Å². The van der Waals surface area contributed by atoms with E-state index in [-0.39, 0.29) is 6.04 Å². The largest absolute Gasteiger partial charge is 0.497 e. The molecule has 0 saturated carbocycles. The minimum absolute atomic E-state index is 0.210. The second kappa shape index (κ2) is 9.41. The highest BCUT2D eigenvalue weighted by molar-refractivity contribution is 9.10. The molecular weight excluding hydrogens is 330 g/mol. The lowest BCUT2D eigenvalue weighted by Crippen LogP contribution is -2.35. The van der Waals surface area contributed by atoms with E-state index in [1.54, 1.807) is 7.11 Å². The molecule has 0 amide bonds. The molecule has 1 aromatic carbocycles. The standard InChI is InChI=1S/C16H28BrN3O/c1-5-20(10-6-9-19(2)3)16(12-18)14-11-13(21-4)7-8-15(14)17/h7-8,11,16H,5-6,9-10,12,18H2,1-4H3. The number of hydrogen-bond acceptors (Lipinski definition) is 4. The van der Waals surface area contributed by atoms with Gasteiger partial charge < -0.3 is 15.4 Å². The third kappa shape index (κ3) is 5.58. The maximum Gasteiger partial charge on any atom is 0.119 e. The molecular formula is C16H28BrN3O. The third-order valence-electron chi connectivity index (χ3n) is 3.68. The second-order valence-electron chi connectivity index (χ2n) is 5.42. The zero-order chi connectivity index (χ0) is 15.8. The summed E-state index contributed by atoms with van der Waals surface area (Å²) in [6, 6.07) is 6.28. The highest BCUT2D eigenvalue weighted by Gasteiger charge is 2.20. The van der Waals surface area contributed by atoms with Gasteiger partial charge in [0.05, 0.1) is 7.11 Å². The van der Waals surface area contributed by atoms with Crippen LogP contribution in [-0.2, 0) is 0 Å². The van der Waals surface area contributed by atoms with Gasteiger partial charge in [0.25, 0.3) is 0 Å². The molecule has 0 bridgehead atoms. The molecule has 0 spiro atoms. The number of benzene rings is 1. The quantitative estimate of drug-likeness (QED) is 0.737. The number of hydrogen-bond donors (Lipinski definition) is 1. The summed E-state index contributed by atoms with van der Waals surface area (Å²) in [5.74, 6) is 0.871. The molecule has 1 atom stereocenters. The van der Waals surface area contributed by atoms with E-state index >= 15 is 0 Å². The van der Waals surface area contributed by atoms with Crippen LogP contribution in [0.2, 0.25) is 0 Å². The van der Waals surface area contributed by atoms with Crippen LogP contribution in [0.15, 0.2) is 22.7 Å². The average Bonchev–Trinajstić information content (AvgIpc) is 2.47. The summed E-state index contributed by atoms with van der Waals surface area (Å²) >= 11 is 3.64. The van der Waals surface area contributed by atoms with E-state index in [0.29, 0.717) is 6.54 Å². The van der Waals surface area contributed by atoms with Crippen LogP contribution in [0.25, 0.3) is 0 Å². The van der Waals surface area contributed by atoms with E-state index in [0.717, 1.165) is 36.3 Å². The molecule has 0 radical (unpaired) electrons. The molecule has 0 heterocycles. The SMILES string of the molecule is CCN(CCCN(C)C)C(CN)c1cc(OC)ccc1Br. The molecule has 2 N–H and O–H groups in total. The Bertz CT molecular complexity index is 426. The molecule has 5 heteroatoms. The maximum absolute atomic E-state index is 6.06. The van der Waals surface area contributed by atoms with Crippen molar-refractivity contribution in [2.75, 3.05) is 47.4 Å². The summed E-state index contributed by atoms with van der Waals surface area (Å²) in [7, 11) is 5.91. The van der Waals surface area contributed by atoms with E-state index in [2.05, 4.69) is 52.8 Å². The third-order valence-corrected chi connectivity index (χ3v) is 4.41. The Hall–Kier alpha value is -0.620. The molecule has 120 valence electrons. The summed E-state index contributed by atoms with van der Waals surface area (Å²) in [6.45, 7) is 5.90. The zero-order valence-electron chi connectivity index (χ0n) is 13.6. The van der Waals surface area contributed by atoms with Gasteiger partial charge in [-0.05, 0) is 57.4 Å². The van der Waals surface area contributed by atoms with Crippen LogP contribution < -0.4 is 10.5 Å².